The number of anilines is 2. The number of amides is 2. The predicted octanol–water partition coefficient (Wildman–Crippen LogP) is 4.41. The molecule has 0 atom stereocenters. The van der Waals surface area contributed by atoms with Crippen molar-refractivity contribution >= 4 is 29.0 Å². The van der Waals surface area contributed by atoms with E-state index in [4.69, 9.17) is 0 Å². The molecule has 0 bridgehead atoms. The molecular formula is C23H21N3O3. The molecule has 0 saturated heterocycles. The highest BCUT2D eigenvalue weighted by molar-refractivity contribution is 6.06. The summed E-state index contributed by atoms with van der Waals surface area (Å²) in [6, 6.07) is 17.1. The zero-order valence-corrected chi connectivity index (χ0v) is 16.4. The van der Waals surface area contributed by atoms with Gasteiger partial charge in [0, 0.05) is 16.9 Å². The summed E-state index contributed by atoms with van der Waals surface area (Å²) in [6.45, 7) is 5.31. The Bertz CT molecular complexity index is 1110. The van der Waals surface area contributed by atoms with Crippen molar-refractivity contribution < 1.29 is 14.4 Å². The van der Waals surface area contributed by atoms with Crippen LogP contribution in [-0.2, 0) is 0 Å². The molecule has 3 aromatic rings. The molecule has 0 fully saturated rings. The van der Waals surface area contributed by atoms with E-state index in [9.17, 15) is 14.4 Å². The van der Waals surface area contributed by atoms with E-state index >= 15 is 0 Å². The highest BCUT2D eigenvalue weighted by atomic mass is 16.2. The lowest BCUT2D eigenvalue weighted by Crippen LogP contribution is -2.19. The number of rotatable bonds is 5. The van der Waals surface area contributed by atoms with Gasteiger partial charge in [-0.2, -0.15) is 0 Å². The minimum absolute atomic E-state index is 0.0932. The van der Waals surface area contributed by atoms with Crippen LogP contribution in [-0.4, -0.2) is 22.6 Å². The highest BCUT2D eigenvalue weighted by Gasteiger charge is 2.14. The summed E-state index contributed by atoms with van der Waals surface area (Å²) < 4.78 is 0. The van der Waals surface area contributed by atoms with E-state index in [2.05, 4.69) is 15.6 Å². The van der Waals surface area contributed by atoms with Crippen LogP contribution in [0.4, 0.5) is 11.4 Å². The van der Waals surface area contributed by atoms with Crippen molar-refractivity contribution in [1.82, 2.24) is 4.98 Å². The number of hydrogen-bond donors (Lipinski definition) is 2. The Kier molecular flexibility index (Phi) is 5.83. The first-order valence-corrected chi connectivity index (χ1v) is 9.11. The minimum Gasteiger partial charge on any atom is -0.321 e. The van der Waals surface area contributed by atoms with Crippen LogP contribution in [0.15, 0.2) is 60.7 Å². The zero-order valence-electron chi connectivity index (χ0n) is 16.4. The Labute approximate surface area is 169 Å². The second-order valence-electron chi connectivity index (χ2n) is 6.77. The van der Waals surface area contributed by atoms with Crippen LogP contribution < -0.4 is 10.6 Å². The molecule has 1 heterocycles. The van der Waals surface area contributed by atoms with Crippen LogP contribution in [0.5, 0.6) is 0 Å². The Morgan fingerprint density at radius 1 is 0.793 bits per heavy atom. The topological polar surface area (TPSA) is 88.2 Å². The van der Waals surface area contributed by atoms with Crippen LogP contribution >= 0.6 is 0 Å². The van der Waals surface area contributed by atoms with Crippen molar-refractivity contribution in [2.24, 2.45) is 0 Å². The fourth-order valence-corrected chi connectivity index (χ4v) is 2.76. The molecule has 0 radical (unpaired) electrons. The maximum Gasteiger partial charge on any atom is 0.274 e. The molecule has 2 aromatic carbocycles. The molecule has 0 unspecified atom stereocenters. The van der Waals surface area contributed by atoms with Crippen LogP contribution in [0.25, 0.3) is 0 Å². The number of pyridine rings is 1. The Balaban J connectivity index is 1.77. The van der Waals surface area contributed by atoms with Gasteiger partial charge in [0.05, 0.1) is 0 Å². The van der Waals surface area contributed by atoms with Crippen molar-refractivity contribution in [3.63, 3.8) is 0 Å². The number of hydrogen-bond acceptors (Lipinski definition) is 4. The molecule has 0 aliphatic rings. The Hall–Kier alpha value is -3.80. The van der Waals surface area contributed by atoms with Crippen molar-refractivity contribution in [2.45, 2.75) is 20.8 Å². The van der Waals surface area contributed by atoms with Crippen molar-refractivity contribution in [3.8, 4) is 0 Å². The number of carbonyl (C=O) groups excluding carboxylic acids is 3. The van der Waals surface area contributed by atoms with Gasteiger partial charge in [-0.25, -0.2) is 4.98 Å². The molecule has 0 saturated carbocycles. The van der Waals surface area contributed by atoms with E-state index in [1.807, 2.05) is 32.0 Å². The number of benzene rings is 2. The van der Waals surface area contributed by atoms with Crippen molar-refractivity contribution in [3.05, 3.63) is 88.7 Å². The normalized spacial score (nSPS) is 10.3. The molecule has 6 nitrogen and oxygen atoms in total. The van der Waals surface area contributed by atoms with Gasteiger partial charge in [0.1, 0.15) is 11.4 Å². The third-order valence-electron chi connectivity index (χ3n) is 4.38. The number of nitrogens with one attached hydrogen (secondary N) is 2. The summed E-state index contributed by atoms with van der Waals surface area (Å²) >= 11 is 0. The molecule has 146 valence electrons. The summed E-state index contributed by atoms with van der Waals surface area (Å²) in [5.41, 5.74) is 3.88. The van der Waals surface area contributed by atoms with Gasteiger partial charge in [-0.3, -0.25) is 14.4 Å². The van der Waals surface area contributed by atoms with Gasteiger partial charge < -0.3 is 10.6 Å². The average molecular weight is 387 g/mol. The number of aromatic nitrogens is 1. The van der Waals surface area contributed by atoms with Gasteiger partial charge in [-0.1, -0.05) is 30.3 Å². The number of carbonyl (C=O) groups is 3. The molecule has 2 N–H and O–H groups in total. The average Bonchev–Trinajstić information content (AvgIpc) is 2.71. The van der Waals surface area contributed by atoms with Gasteiger partial charge in [-0.05, 0) is 62.2 Å². The van der Waals surface area contributed by atoms with E-state index in [0.29, 0.717) is 16.9 Å². The highest BCUT2D eigenvalue weighted by Crippen LogP contribution is 2.17. The van der Waals surface area contributed by atoms with Gasteiger partial charge in [0.15, 0.2) is 5.78 Å². The van der Waals surface area contributed by atoms with Crippen molar-refractivity contribution in [2.75, 3.05) is 10.6 Å². The fourth-order valence-electron chi connectivity index (χ4n) is 2.76. The second-order valence-corrected chi connectivity index (χ2v) is 6.77. The molecule has 2 amide bonds. The third-order valence-corrected chi connectivity index (χ3v) is 4.38. The molecule has 0 aliphatic heterocycles. The van der Waals surface area contributed by atoms with Crippen LogP contribution in [0.2, 0.25) is 0 Å². The molecule has 0 spiro atoms. The monoisotopic (exact) mass is 387 g/mol. The Morgan fingerprint density at radius 3 is 2.14 bits per heavy atom. The quantitative estimate of drug-likeness (QED) is 0.635. The maximum absolute atomic E-state index is 12.6. The van der Waals surface area contributed by atoms with Gasteiger partial charge in [0.25, 0.3) is 11.8 Å². The fraction of sp³-hybridized carbons (Fsp3) is 0.130. The van der Waals surface area contributed by atoms with E-state index in [1.165, 1.54) is 13.0 Å². The summed E-state index contributed by atoms with van der Waals surface area (Å²) in [5.74, 6) is -0.955. The predicted molar refractivity (Wildman–Crippen MR) is 113 cm³/mol. The SMILES string of the molecule is CC(=O)c1cccc(NC(=O)c2cccc(C(=O)Nc3cc(C)ccc3C)n2)c1. The van der Waals surface area contributed by atoms with Crippen LogP contribution in [0.3, 0.4) is 0 Å². The smallest absolute Gasteiger partial charge is 0.274 e. The van der Waals surface area contributed by atoms with Crippen molar-refractivity contribution in [1.29, 1.82) is 0 Å². The molecule has 1 aromatic heterocycles. The third kappa shape index (κ3) is 4.93. The first kappa shape index (κ1) is 19.9. The molecule has 6 heteroatoms. The van der Waals surface area contributed by atoms with Gasteiger partial charge >= 0.3 is 0 Å². The number of aryl methyl sites for hydroxylation is 2. The Morgan fingerprint density at radius 2 is 1.45 bits per heavy atom. The lowest BCUT2D eigenvalue weighted by Gasteiger charge is -2.10. The van der Waals surface area contributed by atoms with Gasteiger partial charge in [-0.15, -0.1) is 0 Å². The summed E-state index contributed by atoms with van der Waals surface area (Å²) in [6.07, 6.45) is 0. The first-order chi connectivity index (χ1) is 13.8. The second kappa shape index (κ2) is 8.48. The summed E-state index contributed by atoms with van der Waals surface area (Å²) in [5, 5.41) is 5.53. The molecule has 29 heavy (non-hydrogen) atoms. The summed E-state index contributed by atoms with van der Waals surface area (Å²) in [4.78, 5) is 40.8. The van der Waals surface area contributed by atoms with Crippen LogP contribution in [0, 0.1) is 13.8 Å². The standard InChI is InChI=1S/C23H21N3O3/c1-14-10-11-15(2)21(12-14)26-23(29)20-9-5-8-19(25-20)22(28)24-18-7-4-6-17(13-18)16(3)27/h4-13H,1-3H3,(H,24,28)(H,26,29). The number of nitrogens with zero attached hydrogens (tertiary/aromatic N) is 1. The zero-order chi connectivity index (χ0) is 21.0. The lowest BCUT2D eigenvalue weighted by molar-refractivity contribution is 0.100. The van der Waals surface area contributed by atoms with E-state index in [0.717, 1.165) is 11.1 Å². The van der Waals surface area contributed by atoms with Gasteiger partial charge in [0.2, 0.25) is 0 Å². The van der Waals surface area contributed by atoms with E-state index in [-0.39, 0.29) is 17.2 Å². The lowest BCUT2D eigenvalue weighted by atomic mass is 10.1. The molecule has 3 rings (SSSR count). The van der Waals surface area contributed by atoms with E-state index < -0.39 is 11.8 Å². The van der Waals surface area contributed by atoms with Crippen LogP contribution in [0.1, 0.15) is 49.4 Å². The first-order valence-electron chi connectivity index (χ1n) is 9.11. The molecule has 0 aliphatic carbocycles. The van der Waals surface area contributed by atoms with E-state index in [1.54, 1.807) is 36.4 Å². The number of ketones is 1. The maximum atomic E-state index is 12.6. The largest absolute Gasteiger partial charge is 0.321 e. The summed E-state index contributed by atoms with van der Waals surface area (Å²) in [7, 11) is 0. The number of Topliss-reactive ketones (excluding diaryl/α,β-unsaturated/α-hetero) is 1. The molecular weight excluding hydrogens is 366 g/mol. The minimum atomic E-state index is -0.466.